The molecule has 0 atom stereocenters. The summed E-state index contributed by atoms with van der Waals surface area (Å²) in [5.74, 6) is -0.100. The van der Waals surface area contributed by atoms with Crippen molar-refractivity contribution in [2.75, 3.05) is 54.5 Å². The van der Waals surface area contributed by atoms with Crippen molar-refractivity contribution in [1.82, 2.24) is 4.98 Å². The highest BCUT2D eigenvalue weighted by molar-refractivity contribution is 7.22. The quantitative estimate of drug-likeness (QED) is 0.630. The number of rotatable bonds is 6. The lowest BCUT2D eigenvalue weighted by atomic mass is 10.1. The first kappa shape index (κ1) is 20.6. The Morgan fingerprint density at radius 3 is 2.63 bits per heavy atom. The van der Waals surface area contributed by atoms with E-state index in [-0.39, 0.29) is 5.91 Å². The Morgan fingerprint density at radius 1 is 1.17 bits per heavy atom. The molecule has 1 amide bonds. The van der Waals surface area contributed by atoms with E-state index in [9.17, 15) is 4.79 Å². The minimum atomic E-state index is -0.100. The van der Waals surface area contributed by atoms with Crippen LogP contribution in [0.3, 0.4) is 0 Å². The molecule has 0 spiro atoms. The van der Waals surface area contributed by atoms with Crippen LogP contribution < -0.4 is 15.1 Å². The van der Waals surface area contributed by atoms with Crippen molar-refractivity contribution in [2.45, 2.75) is 20.8 Å². The lowest BCUT2D eigenvalue weighted by Crippen LogP contribution is -2.36. The molecule has 1 aliphatic heterocycles. The molecule has 30 heavy (non-hydrogen) atoms. The Kier molecular flexibility index (Phi) is 6.20. The van der Waals surface area contributed by atoms with Crippen LogP contribution in [0.2, 0.25) is 0 Å². The van der Waals surface area contributed by atoms with E-state index in [4.69, 9.17) is 9.72 Å². The third kappa shape index (κ3) is 4.27. The number of benzene rings is 2. The fourth-order valence-electron chi connectivity index (χ4n) is 3.71. The fourth-order valence-corrected chi connectivity index (χ4v) is 4.77. The molecule has 7 heteroatoms. The molecule has 2 heterocycles. The van der Waals surface area contributed by atoms with E-state index in [2.05, 4.69) is 41.1 Å². The number of nitrogens with one attached hydrogen (secondary N) is 1. The molecular weight excluding hydrogens is 396 g/mol. The standard InChI is InChI=1S/C23H28N4O2S/c1-4-26(5-2)18-7-9-19(16(3)14-18)24-22(28)17-6-8-20-21(15-17)30-23(25-20)27-10-12-29-13-11-27/h6-9,14-15H,4-5,10-13H2,1-3H3,(H,24,28). The number of hydrogen-bond donors (Lipinski definition) is 1. The summed E-state index contributed by atoms with van der Waals surface area (Å²) in [4.78, 5) is 22.2. The SMILES string of the molecule is CCN(CC)c1ccc(NC(=O)c2ccc3nc(N4CCOCC4)sc3c2)c(C)c1. The minimum absolute atomic E-state index is 0.100. The normalized spacial score (nSPS) is 14.2. The van der Waals surface area contributed by atoms with Gasteiger partial charge in [0.1, 0.15) is 0 Å². The number of fused-ring (bicyclic) bond motifs is 1. The van der Waals surface area contributed by atoms with Gasteiger partial charge >= 0.3 is 0 Å². The lowest BCUT2D eigenvalue weighted by molar-refractivity contribution is 0.102. The summed E-state index contributed by atoms with van der Waals surface area (Å²) in [7, 11) is 0. The highest BCUT2D eigenvalue weighted by Gasteiger charge is 2.17. The average molecular weight is 425 g/mol. The van der Waals surface area contributed by atoms with Gasteiger partial charge in [0.25, 0.3) is 5.91 Å². The first-order valence-corrected chi connectivity index (χ1v) is 11.3. The van der Waals surface area contributed by atoms with Crippen molar-refractivity contribution in [3.63, 3.8) is 0 Å². The maximum absolute atomic E-state index is 12.9. The van der Waals surface area contributed by atoms with Gasteiger partial charge in [-0.15, -0.1) is 0 Å². The van der Waals surface area contributed by atoms with Crippen LogP contribution in [0.4, 0.5) is 16.5 Å². The topological polar surface area (TPSA) is 57.7 Å². The second kappa shape index (κ2) is 9.02. The molecule has 4 rings (SSSR count). The number of anilines is 3. The van der Waals surface area contributed by atoms with Gasteiger partial charge in [0.15, 0.2) is 5.13 Å². The van der Waals surface area contributed by atoms with Crippen molar-refractivity contribution in [3.05, 3.63) is 47.5 Å². The number of thiazole rings is 1. The third-order valence-corrected chi connectivity index (χ3v) is 6.59. The zero-order valence-corrected chi connectivity index (χ0v) is 18.6. The first-order chi connectivity index (χ1) is 14.6. The number of carbonyl (C=O) groups excluding carboxylic acids is 1. The van der Waals surface area contributed by atoms with E-state index in [0.717, 1.165) is 66.0 Å². The minimum Gasteiger partial charge on any atom is -0.378 e. The number of morpholine rings is 1. The zero-order chi connectivity index (χ0) is 21.1. The number of ether oxygens (including phenoxy) is 1. The van der Waals surface area contributed by atoms with Crippen molar-refractivity contribution < 1.29 is 9.53 Å². The number of amides is 1. The zero-order valence-electron chi connectivity index (χ0n) is 17.8. The predicted molar refractivity (Wildman–Crippen MR) is 125 cm³/mol. The van der Waals surface area contributed by atoms with Gasteiger partial charge in [0, 0.05) is 43.1 Å². The number of aryl methyl sites for hydroxylation is 1. The molecule has 0 aliphatic carbocycles. The van der Waals surface area contributed by atoms with Crippen molar-refractivity contribution in [3.8, 4) is 0 Å². The molecule has 3 aromatic rings. The largest absolute Gasteiger partial charge is 0.378 e. The average Bonchev–Trinajstić information content (AvgIpc) is 3.20. The highest BCUT2D eigenvalue weighted by Crippen LogP contribution is 2.30. The number of aromatic nitrogens is 1. The summed E-state index contributed by atoms with van der Waals surface area (Å²) >= 11 is 1.63. The van der Waals surface area contributed by atoms with Crippen LogP contribution in [-0.2, 0) is 4.74 Å². The summed E-state index contributed by atoms with van der Waals surface area (Å²) in [6.07, 6.45) is 0. The molecule has 2 aromatic carbocycles. The van der Waals surface area contributed by atoms with Crippen LogP contribution in [0.1, 0.15) is 29.8 Å². The molecule has 1 aromatic heterocycles. The van der Waals surface area contributed by atoms with Crippen LogP contribution in [0.15, 0.2) is 36.4 Å². The monoisotopic (exact) mass is 424 g/mol. The molecule has 0 radical (unpaired) electrons. The summed E-state index contributed by atoms with van der Waals surface area (Å²) < 4.78 is 6.45. The van der Waals surface area contributed by atoms with Crippen LogP contribution in [-0.4, -0.2) is 50.3 Å². The van der Waals surface area contributed by atoms with Gasteiger partial charge in [0.2, 0.25) is 0 Å². The summed E-state index contributed by atoms with van der Waals surface area (Å²) in [5.41, 5.74) is 4.65. The van der Waals surface area contributed by atoms with E-state index < -0.39 is 0 Å². The van der Waals surface area contributed by atoms with Crippen LogP contribution >= 0.6 is 11.3 Å². The van der Waals surface area contributed by atoms with E-state index in [1.165, 1.54) is 5.69 Å². The van der Waals surface area contributed by atoms with E-state index in [0.29, 0.717) is 5.56 Å². The Balaban J connectivity index is 1.51. The molecule has 1 N–H and O–H groups in total. The Bertz CT molecular complexity index is 1040. The molecule has 158 valence electrons. The van der Waals surface area contributed by atoms with E-state index in [1.807, 2.05) is 31.2 Å². The molecule has 1 aliphatic rings. The second-order valence-electron chi connectivity index (χ2n) is 7.40. The molecule has 0 unspecified atom stereocenters. The summed E-state index contributed by atoms with van der Waals surface area (Å²) in [6, 6.07) is 11.9. The molecule has 6 nitrogen and oxygen atoms in total. The van der Waals surface area contributed by atoms with Gasteiger partial charge in [-0.25, -0.2) is 4.98 Å². The van der Waals surface area contributed by atoms with Gasteiger partial charge in [-0.1, -0.05) is 11.3 Å². The van der Waals surface area contributed by atoms with Gasteiger partial charge in [0.05, 0.1) is 23.4 Å². The van der Waals surface area contributed by atoms with Crippen molar-refractivity contribution >= 4 is 44.0 Å². The maximum atomic E-state index is 12.9. The van der Waals surface area contributed by atoms with Crippen LogP contribution in [0.5, 0.6) is 0 Å². The Labute approximate surface area is 181 Å². The molecule has 1 fully saturated rings. The number of nitrogens with zero attached hydrogens (tertiary/aromatic N) is 3. The van der Waals surface area contributed by atoms with Crippen molar-refractivity contribution in [2.24, 2.45) is 0 Å². The molecule has 0 saturated carbocycles. The van der Waals surface area contributed by atoms with E-state index >= 15 is 0 Å². The van der Waals surface area contributed by atoms with Gasteiger partial charge in [-0.2, -0.15) is 0 Å². The molecule has 0 bridgehead atoms. The summed E-state index contributed by atoms with van der Waals surface area (Å²) in [5, 5.41) is 4.06. The van der Waals surface area contributed by atoms with Gasteiger partial charge < -0.3 is 19.9 Å². The van der Waals surface area contributed by atoms with Crippen LogP contribution in [0.25, 0.3) is 10.2 Å². The van der Waals surface area contributed by atoms with Crippen molar-refractivity contribution in [1.29, 1.82) is 0 Å². The first-order valence-electron chi connectivity index (χ1n) is 10.5. The smallest absolute Gasteiger partial charge is 0.255 e. The molecular formula is C23H28N4O2S. The lowest BCUT2D eigenvalue weighted by Gasteiger charge is -2.25. The fraction of sp³-hybridized carbons (Fsp3) is 0.391. The Hall–Kier alpha value is -2.64. The van der Waals surface area contributed by atoms with Gasteiger partial charge in [-0.05, 0) is 62.7 Å². The number of carbonyl (C=O) groups is 1. The second-order valence-corrected chi connectivity index (χ2v) is 8.41. The number of hydrogen-bond acceptors (Lipinski definition) is 6. The summed E-state index contributed by atoms with van der Waals surface area (Å²) in [6.45, 7) is 11.4. The predicted octanol–water partition coefficient (Wildman–Crippen LogP) is 4.54. The maximum Gasteiger partial charge on any atom is 0.255 e. The highest BCUT2D eigenvalue weighted by atomic mass is 32.1. The van der Waals surface area contributed by atoms with E-state index in [1.54, 1.807) is 11.3 Å². The van der Waals surface area contributed by atoms with Crippen LogP contribution in [0, 0.1) is 6.92 Å². The third-order valence-electron chi connectivity index (χ3n) is 5.51. The molecule has 1 saturated heterocycles. The van der Waals surface area contributed by atoms with Gasteiger partial charge in [-0.3, -0.25) is 4.79 Å². The Morgan fingerprint density at radius 2 is 1.93 bits per heavy atom.